The third kappa shape index (κ3) is 4.25. The van der Waals surface area contributed by atoms with E-state index in [0.29, 0.717) is 29.0 Å². The van der Waals surface area contributed by atoms with Crippen molar-refractivity contribution in [2.24, 2.45) is 5.92 Å². The first-order valence-corrected chi connectivity index (χ1v) is 9.96. The Morgan fingerprint density at radius 1 is 1.22 bits per heavy atom. The van der Waals surface area contributed by atoms with Crippen LogP contribution in [0.15, 0.2) is 10.5 Å². The number of halogens is 1. The highest BCUT2D eigenvalue weighted by atomic mass is 79.9. The van der Waals surface area contributed by atoms with E-state index in [-0.39, 0.29) is 5.97 Å². The predicted molar refractivity (Wildman–Crippen MR) is 107 cm³/mol. The minimum Gasteiger partial charge on any atom is -0.465 e. The molecule has 6 nitrogen and oxygen atoms in total. The van der Waals surface area contributed by atoms with E-state index in [1.807, 2.05) is 13.8 Å². The van der Waals surface area contributed by atoms with Gasteiger partial charge in [0.25, 0.3) is 5.79 Å². The Hall–Kier alpha value is -1.31. The van der Waals surface area contributed by atoms with Crippen molar-refractivity contribution in [3.8, 4) is 11.5 Å². The van der Waals surface area contributed by atoms with E-state index in [4.69, 9.17) is 19.3 Å². The standard InChI is InChI=1S/C19H26BrNO4.CH4O/c1-11-14(18(22)23-5)10-15(20)17-16(11)24-19(2,25-17)12-6-8-13(9-7-12)21(3)4;1-2/h10,12-13H,6-9H2,1-5H3;2H,1H3/t12-,13-,19?;. The third-order valence-electron chi connectivity index (χ3n) is 5.62. The fourth-order valence-corrected chi connectivity index (χ4v) is 4.44. The van der Waals surface area contributed by atoms with Gasteiger partial charge in [0.15, 0.2) is 11.5 Å². The lowest BCUT2D eigenvalue weighted by atomic mass is 9.81. The van der Waals surface area contributed by atoms with Gasteiger partial charge in [0, 0.05) is 31.6 Å². The fraction of sp³-hybridized carbons (Fsp3) is 0.650. The third-order valence-corrected chi connectivity index (χ3v) is 6.21. The van der Waals surface area contributed by atoms with Crippen LogP contribution in [0.3, 0.4) is 0 Å². The number of esters is 1. The maximum Gasteiger partial charge on any atom is 0.338 e. The van der Waals surface area contributed by atoms with Crippen LogP contribution in [0.2, 0.25) is 0 Å². The SMILES string of the molecule is CO.COC(=O)c1cc(Br)c2c(c1C)OC(C)([C@H]1CC[C@H](N(C)C)CC1)O2. The molecule has 3 rings (SSSR count). The van der Waals surface area contributed by atoms with Crippen molar-refractivity contribution in [3.63, 3.8) is 0 Å². The lowest BCUT2D eigenvalue weighted by Gasteiger charge is -2.39. The Bertz CT molecular complexity index is 685. The minimum atomic E-state index is -0.693. The Kier molecular flexibility index (Phi) is 7.16. The molecule has 1 aromatic rings. The molecule has 1 saturated carbocycles. The second kappa shape index (κ2) is 8.80. The monoisotopic (exact) mass is 443 g/mol. The van der Waals surface area contributed by atoms with Crippen LogP contribution in [-0.2, 0) is 4.74 Å². The molecule has 1 aromatic carbocycles. The quantitative estimate of drug-likeness (QED) is 0.717. The summed E-state index contributed by atoms with van der Waals surface area (Å²) in [5.74, 6) is 0.588. The van der Waals surface area contributed by atoms with E-state index in [2.05, 4.69) is 34.9 Å². The molecule has 1 aliphatic heterocycles. The number of aliphatic hydroxyl groups is 1. The van der Waals surface area contributed by atoms with Gasteiger partial charge in [-0.1, -0.05) is 0 Å². The highest BCUT2D eigenvalue weighted by molar-refractivity contribution is 9.10. The highest BCUT2D eigenvalue weighted by Gasteiger charge is 2.47. The van der Waals surface area contributed by atoms with Crippen LogP contribution in [-0.4, -0.2) is 56.1 Å². The molecule has 1 heterocycles. The van der Waals surface area contributed by atoms with Gasteiger partial charge in [-0.25, -0.2) is 4.79 Å². The van der Waals surface area contributed by atoms with E-state index >= 15 is 0 Å². The summed E-state index contributed by atoms with van der Waals surface area (Å²) in [5.41, 5.74) is 1.26. The van der Waals surface area contributed by atoms with Crippen molar-refractivity contribution >= 4 is 21.9 Å². The first-order chi connectivity index (χ1) is 12.8. The van der Waals surface area contributed by atoms with Crippen molar-refractivity contribution in [3.05, 3.63) is 21.7 Å². The number of methoxy groups -OCH3 is 1. The Morgan fingerprint density at radius 2 is 1.78 bits per heavy atom. The molecular formula is C20H30BrNO5. The van der Waals surface area contributed by atoms with E-state index in [0.717, 1.165) is 42.8 Å². The van der Waals surface area contributed by atoms with Crippen molar-refractivity contribution in [2.45, 2.75) is 51.4 Å². The van der Waals surface area contributed by atoms with E-state index in [9.17, 15) is 4.79 Å². The van der Waals surface area contributed by atoms with Crippen LogP contribution in [0.5, 0.6) is 11.5 Å². The molecule has 1 aliphatic carbocycles. The highest BCUT2D eigenvalue weighted by Crippen LogP contribution is 2.51. The van der Waals surface area contributed by atoms with E-state index < -0.39 is 5.79 Å². The summed E-state index contributed by atoms with van der Waals surface area (Å²) in [5, 5.41) is 7.00. The maximum absolute atomic E-state index is 12.0. The zero-order valence-electron chi connectivity index (χ0n) is 17.0. The molecule has 7 heteroatoms. The van der Waals surface area contributed by atoms with E-state index in [1.165, 1.54) is 7.11 Å². The number of aliphatic hydroxyl groups excluding tert-OH is 1. The number of carbonyl (C=O) groups is 1. The van der Waals surface area contributed by atoms with Crippen LogP contribution >= 0.6 is 15.9 Å². The van der Waals surface area contributed by atoms with Gasteiger partial charge in [-0.2, -0.15) is 0 Å². The number of hydrogen-bond acceptors (Lipinski definition) is 6. The fourth-order valence-electron chi connectivity index (χ4n) is 3.95. The average Bonchev–Trinajstić information content (AvgIpc) is 3.05. The van der Waals surface area contributed by atoms with Gasteiger partial charge in [0.2, 0.25) is 0 Å². The molecule has 0 saturated heterocycles. The zero-order valence-corrected chi connectivity index (χ0v) is 18.6. The normalized spacial score (nSPS) is 26.4. The van der Waals surface area contributed by atoms with Crippen molar-refractivity contribution in [1.29, 1.82) is 0 Å². The smallest absolute Gasteiger partial charge is 0.338 e. The summed E-state index contributed by atoms with van der Waals surface area (Å²) < 4.78 is 18.2. The molecule has 27 heavy (non-hydrogen) atoms. The number of benzene rings is 1. The van der Waals surface area contributed by atoms with Gasteiger partial charge >= 0.3 is 5.97 Å². The van der Waals surface area contributed by atoms with Crippen LogP contribution < -0.4 is 9.47 Å². The average molecular weight is 444 g/mol. The summed E-state index contributed by atoms with van der Waals surface area (Å²) in [6.45, 7) is 3.88. The second-order valence-corrected chi connectivity index (χ2v) is 8.22. The number of hydrogen-bond donors (Lipinski definition) is 1. The topological polar surface area (TPSA) is 68.2 Å². The zero-order chi connectivity index (χ0) is 20.4. The van der Waals surface area contributed by atoms with Crippen LogP contribution in [0.1, 0.15) is 48.5 Å². The molecule has 1 fully saturated rings. The van der Waals surface area contributed by atoms with Gasteiger partial charge in [-0.3, -0.25) is 0 Å². The molecule has 2 aliphatic rings. The Labute approximate surface area is 169 Å². The predicted octanol–water partition coefficient (Wildman–Crippen LogP) is 3.76. The van der Waals surface area contributed by atoms with Gasteiger partial charge in [-0.05, 0) is 68.7 Å². The number of fused-ring (bicyclic) bond motifs is 1. The summed E-state index contributed by atoms with van der Waals surface area (Å²) in [6, 6.07) is 2.38. The summed E-state index contributed by atoms with van der Waals surface area (Å²) in [6.07, 6.45) is 4.41. The Balaban J connectivity index is 0.00000126. The molecule has 1 unspecified atom stereocenters. The summed E-state index contributed by atoms with van der Waals surface area (Å²) >= 11 is 3.51. The second-order valence-electron chi connectivity index (χ2n) is 7.37. The molecule has 1 N–H and O–H groups in total. The number of nitrogens with zero attached hydrogens (tertiary/aromatic N) is 1. The van der Waals surface area contributed by atoms with Crippen molar-refractivity contribution in [1.82, 2.24) is 4.90 Å². The molecule has 0 bridgehead atoms. The molecule has 152 valence electrons. The molecule has 0 aromatic heterocycles. The maximum atomic E-state index is 12.0. The molecule has 0 spiro atoms. The molecular weight excluding hydrogens is 414 g/mol. The van der Waals surface area contributed by atoms with Crippen LogP contribution in [0, 0.1) is 12.8 Å². The lowest BCUT2D eigenvalue weighted by molar-refractivity contribution is -0.123. The summed E-state index contributed by atoms with van der Waals surface area (Å²) in [4.78, 5) is 14.3. The first-order valence-electron chi connectivity index (χ1n) is 9.17. The van der Waals surface area contributed by atoms with Gasteiger partial charge in [0.05, 0.1) is 17.1 Å². The van der Waals surface area contributed by atoms with Crippen molar-refractivity contribution < 1.29 is 24.1 Å². The van der Waals surface area contributed by atoms with Gasteiger partial charge < -0.3 is 24.2 Å². The molecule has 0 amide bonds. The number of carbonyl (C=O) groups excluding carboxylic acids is 1. The van der Waals surface area contributed by atoms with Gasteiger partial charge in [0.1, 0.15) is 0 Å². The lowest BCUT2D eigenvalue weighted by Crippen LogP contribution is -2.46. The largest absolute Gasteiger partial charge is 0.465 e. The van der Waals surface area contributed by atoms with Crippen molar-refractivity contribution in [2.75, 3.05) is 28.3 Å². The molecule has 1 atom stereocenters. The van der Waals surface area contributed by atoms with Crippen LogP contribution in [0.25, 0.3) is 0 Å². The van der Waals surface area contributed by atoms with Crippen LogP contribution in [0.4, 0.5) is 0 Å². The molecule has 0 radical (unpaired) electrons. The summed E-state index contributed by atoms with van der Waals surface area (Å²) in [7, 11) is 6.66. The Morgan fingerprint density at radius 3 is 2.30 bits per heavy atom. The van der Waals surface area contributed by atoms with E-state index in [1.54, 1.807) is 6.07 Å². The van der Waals surface area contributed by atoms with Gasteiger partial charge in [-0.15, -0.1) is 0 Å². The first kappa shape index (κ1) is 22.0. The minimum absolute atomic E-state index is 0.323. The number of ether oxygens (including phenoxy) is 3. The number of rotatable bonds is 3.